The van der Waals surface area contributed by atoms with Crippen LogP contribution < -0.4 is 16.0 Å². The number of urea groups is 1. The second-order valence-electron chi connectivity index (χ2n) is 7.66. The smallest absolute Gasteiger partial charge is 0.319 e. The van der Waals surface area contributed by atoms with Crippen LogP contribution in [0.4, 0.5) is 10.5 Å². The molecule has 0 aliphatic heterocycles. The van der Waals surface area contributed by atoms with Crippen molar-refractivity contribution in [3.8, 4) is 0 Å². The summed E-state index contributed by atoms with van der Waals surface area (Å²) in [5.41, 5.74) is 2.53. The lowest BCUT2D eigenvalue weighted by Crippen LogP contribution is -2.45. The first-order chi connectivity index (χ1) is 13.4. The van der Waals surface area contributed by atoms with E-state index in [4.69, 9.17) is 0 Å². The van der Waals surface area contributed by atoms with Crippen LogP contribution in [0.25, 0.3) is 0 Å². The van der Waals surface area contributed by atoms with Gasteiger partial charge in [-0.25, -0.2) is 4.79 Å². The Morgan fingerprint density at radius 2 is 1.82 bits per heavy atom. The molecule has 0 aromatic heterocycles. The van der Waals surface area contributed by atoms with Gasteiger partial charge in [0.05, 0.1) is 0 Å². The molecule has 1 aliphatic rings. The van der Waals surface area contributed by atoms with Crippen LogP contribution in [0.3, 0.4) is 0 Å². The third kappa shape index (κ3) is 4.93. The summed E-state index contributed by atoms with van der Waals surface area (Å²) in [4.78, 5) is 24.3. The Morgan fingerprint density at radius 3 is 2.39 bits per heavy atom. The minimum absolute atomic E-state index is 0.0237. The minimum atomic E-state index is -0.256. The second-order valence-corrected chi connectivity index (χ2v) is 8.57. The van der Waals surface area contributed by atoms with Crippen molar-refractivity contribution >= 4 is 33.6 Å². The summed E-state index contributed by atoms with van der Waals surface area (Å²) >= 11 is 3.54. The summed E-state index contributed by atoms with van der Waals surface area (Å²) in [5.74, 6) is -0.0977. The average Bonchev–Trinajstić information content (AvgIpc) is 2.60. The normalized spacial score (nSPS) is 14.9. The second kappa shape index (κ2) is 8.78. The van der Waals surface area contributed by atoms with Crippen molar-refractivity contribution in [3.63, 3.8) is 0 Å². The van der Waals surface area contributed by atoms with E-state index in [1.54, 1.807) is 24.3 Å². The van der Waals surface area contributed by atoms with Crippen molar-refractivity contribution in [2.45, 2.75) is 44.6 Å². The molecular formula is C22H26BrN3O2. The predicted molar refractivity (Wildman–Crippen MR) is 116 cm³/mol. The van der Waals surface area contributed by atoms with Gasteiger partial charge in [0.25, 0.3) is 5.91 Å². The van der Waals surface area contributed by atoms with Gasteiger partial charge in [-0.2, -0.15) is 0 Å². The number of carbonyl (C=O) groups is 2. The Balaban J connectivity index is 1.59. The zero-order valence-corrected chi connectivity index (χ0v) is 17.8. The number of nitrogens with one attached hydrogen (secondary N) is 3. The summed E-state index contributed by atoms with van der Waals surface area (Å²) in [5, 5.41) is 8.61. The van der Waals surface area contributed by atoms with E-state index in [-0.39, 0.29) is 23.4 Å². The van der Waals surface area contributed by atoms with E-state index in [2.05, 4.69) is 44.0 Å². The average molecular weight is 444 g/mol. The van der Waals surface area contributed by atoms with Gasteiger partial charge in [-0.05, 0) is 68.7 Å². The Hall–Kier alpha value is -2.34. The zero-order chi connectivity index (χ0) is 20.1. The van der Waals surface area contributed by atoms with Crippen LogP contribution in [0, 0.1) is 0 Å². The summed E-state index contributed by atoms with van der Waals surface area (Å²) < 4.78 is 1.06. The molecule has 0 heterocycles. The van der Waals surface area contributed by atoms with E-state index in [1.807, 2.05) is 26.0 Å². The van der Waals surface area contributed by atoms with Gasteiger partial charge < -0.3 is 16.0 Å². The first-order valence-electron chi connectivity index (χ1n) is 9.60. The van der Waals surface area contributed by atoms with E-state index in [0.29, 0.717) is 17.8 Å². The Bertz CT molecular complexity index is 845. The summed E-state index contributed by atoms with van der Waals surface area (Å²) in [6.45, 7) is 4.42. The topological polar surface area (TPSA) is 70.2 Å². The van der Waals surface area contributed by atoms with E-state index in [0.717, 1.165) is 17.3 Å². The van der Waals surface area contributed by atoms with Crippen LogP contribution in [0.1, 0.15) is 49.0 Å². The van der Waals surface area contributed by atoms with Gasteiger partial charge in [-0.1, -0.05) is 34.5 Å². The third-order valence-corrected chi connectivity index (χ3v) is 5.65. The SMILES string of the molecule is CC(C)NC(=O)Nc1ccc(C(=O)NCC2(c3cccc(Br)c3)CCC2)cc1. The summed E-state index contributed by atoms with van der Waals surface area (Å²) in [6, 6.07) is 15.1. The number of rotatable bonds is 6. The third-order valence-electron chi connectivity index (χ3n) is 5.16. The van der Waals surface area contributed by atoms with Crippen molar-refractivity contribution in [2.24, 2.45) is 0 Å². The highest BCUT2D eigenvalue weighted by atomic mass is 79.9. The Labute approximate surface area is 174 Å². The molecule has 0 unspecified atom stereocenters. The molecule has 0 spiro atoms. The molecule has 148 valence electrons. The molecule has 0 atom stereocenters. The monoisotopic (exact) mass is 443 g/mol. The van der Waals surface area contributed by atoms with Crippen LogP contribution in [0.5, 0.6) is 0 Å². The van der Waals surface area contributed by atoms with Crippen molar-refractivity contribution in [1.29, 1.82) is 0 Å². The predicted octanol–water partition coefficient (Wildman–Crippen LogP) is 4.83. The van der Waals surface area contributed by atoms with E-state index < -0.39 is 0 Å². The van der Waals surface area contributed by atoms with Crippen molar-refractivity contribution in [2.75, 3.05) is 11.9 Å². The first kappa shape index (κ1) is 20.4. The molecule has 28 heavy (non-hydrogen) atoms. The first-order valence-corrected chi connectivity index (χ1v) is 10.4. The quantitative estimate of drug-likeness (QED) is 0.597. The number of anilines is 1. The van der Waals surface area contributed by atoms with E-state index in [9.17, 15) is 9.59 Å². The molecule has 3 rings (SSSR count). The van der Waals surface area contributed by atoms with Crippen LogP contribution >= 0.6 is 15.9 Å². The highest BCUT2D eigenvalue weighted by molar-refractivity contribution is 9.10. The zero-order valence-electron chi connectivity index (χ0n) is 16.2. The highest BCUT2D eigenvalue weighted by Gasteiger charge is 2.38. The fourth-order valence-corrected chi connectivity index (χ4v) is 3.87. The van der Waals surface area contributed by atoms with Crippen LogP contribution in [0.15, 0.2) is 53.0 Å². The van der Waals surface area contributed by atoms with Crippen molar-refractivity contribution in [1.82, 2.24) is 10.6 Å². The molecule has 0 bridgehead atoms. The van der Waals surface area contributed by atoms with Gasteiger partial charge >= 0.3 is 6.03 Å². The molecule has 1 aliphatic carbocycles. The molecule has 1 saturated carbocycles. The van der Waals surface area contributed by atoms with Gasteiger partial charge in [-0.3, -0.25) is 4.79 Å². The lowest BCUT2D eigenvalue weighted by atomic mass is 9.64. The highest BCUT2D eigenvalue weighted by Crippen LogP contribution is 2.43. The van der Waals surface area contributed by atoms with Gasteiger partial charge in [0, 0.05) is 33.7 Å². The molecule has 0 radical (unpaired) electrons. The van der Waals surface area contributed by atoms with Crippen LogP contribution in [-0.2, 0) is 5.41 Å². The van der Waals surface area contributed by atoms with Crippen molar-refractivity contribution in [3.05, 3.63) is 64.1 Å². The molecule has 6 heteroatoms. The van der Waals surface area contributed by atoms with Gasteiger partial charge in [0.15, 0.2) is 0 Å². The molecular weight excluding hydrogens is 418 g/mol. The van der Waals surface area contributed by atoms with Crippen LogP contribution in [-0.4, -0.2) is 24.5 Å². The fourth-order valence-electron chi connectivity index (χ4n) is 3.48. The Morgan fingerprint density at radius 1 is 1.11 bits per heavy atom. The number of hydrogen-bond donors (Lipinski definition) is 3. The molecule has 2 aromatic carbocycles. The molecule has 3 N–H and O–H groups in total. The maximum atomic E-state index is 12.6. The standard InChI is InChI=1S/C22H26BrN3O2/c1-15(2)25-21(28)26-19-9-7-16(8-10-19)20(27)24-14-22(11-4-12-22)17-5-3-6-18(23)13-17/h3,5-10,13,15H,4,11-12,14H2,1-2H3,(H,24,27)(H2,25,26,28). The van der Waals surface area contributed by atoms with Gasteiger partial charge in [0.2, 0.25) is 0 Å². The van der Waals surface area contributed by atoms with Crippen molar-refractivity contribution < 1.29 is 9.59 Å². The number of carbonyl (C=O) groups excluding carboxylic acids is 2. The summed E-state index contributed by atoms with van der Waals surface area (Å²) in [7, 11) is 0. The lowest BCUT2D eigenvalue weighted by Gasteiger charge is -2.42. The minimum Gasteiger partial charge on any atom is -0.351 e. The number of amides is 3. The molecule has 1 fully saturated rings. The lowest BCUT2D eigenvalue weighted by molar-refractivity contribution is 0.0928. The molecule has 0 saturated heterocycles. The van der Waals surface area contributed by atoms with Gasteiger partial charge in [-0.15, -0.1) is 0 Å². The van der Waals surface area contributed by atoms with E-state index >= 15 is 0 Å². The number of hydrogen-bond acceptors (Lipinski definition) is 2. The maximum absolute atomic E-state index is 12.6. The number of halogens is 1. The number of benzene rings is 2. The molecule has 3 amide bonds. The maximum Gasteiger partial charge on any atom is 0.319 e. The van der Waals surface area contributed by atoms with E-state index in [1.165, 1.54) is 12.0 Å². The summed E-state index contributed by atoms with van der Waals surface area (Å²) in [6.07, 6.45) is 3.34. The van der Waals surface area contributed by atoms with Gasteiger partial charge in [0.1, 0.15) is 0 Å². The molecule has 2 aromatic rings. The largest absolute Gasteiger partial charge is 0.351 e. The fraction of sp³-hybridized carbons (Fsp3) is 0.364. The molecule has 5 nitrogen and oxygen atoms in total. The Kier molecular flexibility index (Phi) is 6.39. The van der Waals surface area contributed by atoms with Crippen LogP contribution in [0.2, 0.25) is 0 Å².